The number of hydrogen-bond donors (Lipinski definition) is 0. The Morgan fingerprint density at radius 1 is 1.38 bits per heavy atom. The fraction of sp³-hybridized carbons (Fsp3) is 0.353. The number of rotatable bonds is 5. The van der Waals surface area contributed by atoms with Gasteiger partial charge in [0.25, 0.3) is 0 Å². The number of esters is 1. The third-order valence-corrected chi connectivity index (χ3v) is 4.81. The number of benzene rings is 1. The molecular formula is C17H17FN2O3S. The molecule has 24 heavy (non-hydrogen) atoms. The summed E-state index contributed by atoms with van der Waals surface area (Å²) in [5.41, 5.74) is 0.697. The number of halogens is 1. The molecule has 0 N–H and O–H groups in total. The van der Waals surface area contributed by atoms with Crippen LogP contribution in [0.25, 0.3) is 0 Å². The quantitative estimate of drug-likeness (QED) is 0.771. The Morgan fingerprint density at radius 2 is 2.12 bits per heavy atom. The predicted molar refractivity (Wildman–Crippen MR) is 88.5 cm³/mol. The normalized spacial score (nSPS) is 14.1. The number of amides is 1. The summed E-state index contributed by atoms with van der Waals surface area (Å²) >= 11 is 1.21. The average molecular weight is 348 g/mol. The molecule has 0 radical (unpaired) electrons. The van der Waals surface area contributed by atoms with Gasteiger partial charge < -0.3 is 4.74 Å². The van der Waals surface area contributed by atoms with Gasteiger partial charge >= 0.3 is 5.97 Å². The molecule has 3 rings (SSSR count). The lowest BCUT2D eigenvalue weighted by Gasteiger charge is -2.22. The van der Waals surface area contributed by atoms with Gasteiger partial charge in [0.1, 0.15) is 12.4 Å². The van der Waals surface area contributed by atoms with E-state index in [1.807, 2.05) is 0 Å². The van der Waals surface area contributed by atoms with Crippen LogP contribution in [0.15, 0.2) is 29.6 Å². The maximum absolute atomic E-state index is 14.0. The third-order valence-electron chi connectivity index (χ3n) is 3.94. The Bertz CT molecular complexity index is 758. The van der Waals surface area contributed by atoms with Crippen molar-refractivity contribution in [2.75, 3.05) is 4.90 Å². The van der Waals surface area contributed by atoms with Gasteiger partial charge in [-0.05, 0) is 25.0 Å². The van der Waals surface area contributed by atoms with E-state index < -0.39 is 5.82 Å². The molecule has 1 aromatic carbocycles. The predicted octanol–water partition coefficient (Wildman–Crippen LogP) is 3.81. The molecule has 0 bridgehead atoms. The number of carbonyl (C=O) groups excluding carboxylic acids is 2. The van der Waals surface area contributed by atoms with E-state index in [9.17, 15) is 14.0 Å². The molecule has 126 valence electrons. The van der Waals surface area contributed by atoms with Crippen LogP contribution in [0.3, 0.4) is 0 Å². The van der Waals surface area contributed by atoms with Crippen LogP contribution < -0.4 is 4.90 Å². The zero-order valence-electron chi connectivity index (χ0n) is 13.2. The molecule has 1 aliphatic carbocycles. The molecule has 1 fully saturated rings. The van der Waals surface area contributed by atoms with Crippen molar-refractivity contribution in [2.45, 2.75) is 32.8 Å². The molecule has 0 unspecified atom stereocenters. The Kier molecular flexibility index (Phi) is 4.89. The summed E-state index contributed by atoms with van der Waals surface area (Å²) in [7, 11) is 0. The van der Waals surface area contributed by atoms with Crippen molar-refractivity contribution < 1.29 is 18.7 Å². The van der Waals surface area contributed by atoms with E-state index in [-0.39, 0.29) is 30.1 Å². The average Bonchev–Trinajstić information content (AvgIpc) is 2.94. The number of para-hydroxylation sites is 1. The van der Waals surface area contributed by atoms with E-state index in [1.165, 1.54) is 35.3 Å². The number of anilines is 2. The summed E-state index contributed by atoms with van der Waals surface area (Å²) in [6, 6.07) is 6.03. The zero-order valence-corrected chi connectivity index (χ0v) is 14.0. The zero-order chi connectivity index (χ0) is 17.1. The second kappa shape index (κ2) is 7.09. The fourth-order valence-electron chi connectivity index (χ4n) is 2.41. The highest BCUT2D eigenvalue weighted by molar-refractivity contribution is 7.14. The molecule has 7 heteroatoms. The molecule has 1 amide bonds. The van der Waals surface area contributed by atoms with Gasteiger partial charge in [-0.1, -0.05) is 18.6 Å². The van der Waals surface area contributed by atoms with E-state index in [1.54, 1.807) is 17.5 Å². The lowest BCUT2D eigenvalue weighted by molar-refractivity contribution is -0.152. The number of ether oxygens (including phenoxy) is 1. The number of nitrogens with zero attached hydrogens (tertiary/aromatic N) is 2. The van der Waals surface area contributed by atoms with Crippen molar-refractivity contribution in [3.63, 3.8) is 0 Å². The number of carbonyl (C=O) groups is 2. The van der Waals surface area contributed by atoms with Crippen molar-refractivity contribution in [1.29, 1.82) is 0 Å². The van der Waals surface area contributed by atoms with Crippen LogP contribution in [0.1, 0.15) is 31.9 Å². The number of thiazole rings is 1. The monoisotopic (exact) mass is 348 g/mol. The highest BCUT2D eigenvalue weighted by atomic mass is 32.1. The second-order valence-electron chi connectivity index (χ2n) is 5.66. The van der Waals surface area contributed by atoms with Crippen LogP contribution in [0.5, 0.6) is 0 Å². The van der Waals surface area contributed by atoms with Crippen molar-refractivity contribution in [1.82, 2.24) is 4.98 Å². The van der Waals surface area contributed by atoms with Crippen LogP contribution in [0.2, 0.25) is 0 Å². The minimum atomic E-state index is -0.499. The first-order valence-electron chi connectivity index (χ1n) is 7.72. The topological polar surface area (TPSA) is 59.5 Å². The van der Waals surface area contributed by atoms with Crippen molar-refractivity contribution in [3.05, 3.63) is 41.2 Å². The van der Waals surface area contributed by atoms with Gasteiger partial charge in [-0.2, -0.15) is 0 Å². The Labute approximate surface area is 143 Å². The molecular weight excluding hydrogens is 331 g/mol. The van der Waals surface area contributed by atoms with Crippen molar-refractivity contribution in [2.24, 2.45) is 5.92 Å². The van der Waals surface area contributed by atoms with Gasteiger partial charge in [0.15, 0.2) is 5.13 Å². The summed E-state index contributed by atoms with van der Waals surface area (Å²) in [6.45, 7) is 1.42. The summed E-state index contributed by atoms with van der Waals surface area (Å²) in [6.07, 6.45) is 2.83. The standard InChI is InChI=1S/C17H17FN2O3S/c1-11(21)20(15-8-3-2-7-14(15)18)17-19-13(10-24-17)9-23-16(22)12-5-4-6-12/h2-3,7-8,10,12H,4-6,9H2,1H3. The molecule has 0 saturated heterocycles. The van der Waals surface area contributed by atoms with E-state index in [0.29, 0.717) is 10.8 Å². The number of hydrogen-bond acceptors (Lipinski definition) is 5. The smallest absolute Gasteiger partial charge is 0.309 e. The van der Waals surface area contributed by atoms with Crippen LogP contribution >= 0.6 is 11.3 Å². The van der Waals surface area contributed by atoms with Crippen LogP contribution in [-0.2, 0) is 20.9 Å². The highest BCUT2D eigenvalue weighted by Crippen LogP contribution is 2.31. The molecule has 1 saturated carbocycles. The minimum absolute atomic E-state index is 0.00948. The molecule has 1 heterocycles. The molecule has 0 atom stereocenters. The third kappa shape index (κ3) is 3.46. The van der Waals surface area contributed by atoms with E-state index in [4.69, 9.17) is 4.74 Å². The number of aromatic nitrogens is 1. The SMILES string of the molecule is CC(=O)N(c1nc(COC(=O)C2CCC2)cs1)c1ccccc1F. The highest BCUT2D eigenvalue weighted by Gasteiger charge is 2.27. The van der Waals surface area contributed by atoms with Crippen LogP contribution in [0.4, 0.5) is 15.2 Å². The minimum Gasteiger partial charge on any atom is -0.459 e. The van der Waals surface area contributed by atoms with Crippen molar-refractivity contribution >= 4 is 34.0 Å². The Balaban J connectivity index is 1.73. The first-order valence-corrected chi connectivity index (χ1v) is 8.60. The summed E-state index contributed by atoms with van der Waals surface area (Å²) in [4.78, 5) is 29.2. The first kappa shape index (κ1) is 16.6. The molecule has 0 spiro atoms. The second-order valence-corrected chi connectivity index (χ2v) is 6.50. The van der Waals surface area contributed by atoms with Crippen LogP contribution in [-0.4, -0.2) is 16.9 Å². The maximum atomic E-state index is 14.0. The maximum Gasteiger partial charge on any atom is 0.309 e. The molecule has 5 nitrogen and oxygen atoms in total. The van der Waals surface area contributed by atoms with E-state index in [2.05, 4.69) is 4.98 Å². The largest absolute Gasteiger partial charge is 0.459 e. The van der Waals surface area contributed by atoms with Gasteiger partial charge in [0.2, 0.25) is 5.91 Å². The summed E-state index contributed by atoms with van der Waals surface area (Å²) < 4.78 is 19.2. The van der Waals surface area contributed by atoms with Gasteiger partial charge in [-0.15, -0.1) is 11.3 Å². The van der Waals surface area contributed by atoms with Crippen molar-refractivity contribution in [3.8, 4) is 0 Å². The Hall–Kier alpha value is -2.28. The van der Waals surface area contributed by atoms with E-state index in [0.717, 1.165) is 19.3 Å². The fourth-order valence-corrected chi connectivity index (χ4v) is 3.28. The lowest BCUT2D eigenvalue weighted by Crippen LogP contribution is -2.24. The molecule has 0 aliphatic heterocycles. The van der Waals surface area contributed by atoms with Gasteiger partial charge in [-0.3, -0.25) is 14.5 Å². The summed E-state index contributed by atoms with van der Waals surface area (Å²) in [5.74, 6) is -1.03. The van der Waals surface area contributed by atoms with Crippen LogP contribution in [0, 0.1) is 11.7 Å². The summed E-state index contributed by atoms with van der Waals surface area (Å²) in [5, 5.41) is 2.06. The van der Waals surface area contributed by atoms with E-state index >= 15 is 0 Å². The first-order chi connectivity index (χ1) is 11.6. The molecule has 1 aliphatic rings. The van der Waals surface area contributed by atoms with Gasteiger partial charge in [-0.25, -0.2) is 9.37 Å². The van der Waals surface area contributed by atoms with Gasteiger partial charge in [0.05, 0.1) is 17.3 Å². The van der Waals surface area contributed by atoms with Gasteiger partial charge in [0, 0.05) is 12.3 Å². The molecule has 1 aromatic heterocycles. The Morgan fingerprint density at radius 3 is 2.75 bits per heavy atom. The molecule has 2 aromatic rings. The lowest BCUT2D eigenvalue weighted by atomic mass is 9.86.